The van der Waals surface area contributed by atoms with Gasteiger partial charge in [-0.3, -0.25) is 4.81 Å². The molecule has 4 aromatic rings. The zero-order chi connectivity index (χ0) is 19.3. The first-order valence-electron chi connectivity index (χ1n) is 9.68. The Morgan fingerprint density at radius 1 is 0.929 bits per heavy atom. The van der Waals surface area contributed by atoms with E-state index in [9.17, 15) is 0 Å². The monoisotopic (exact) mass is 365 g/mol. The largest absolute Gasteiger partial charge is 0.457 e. The van der Waals surface area contributed by atoms with E-state index in [1.165, 1.54) is 33.2 Å². The fourth-order valence-electron chi connectivity index (χ4n) is 4.26. The number of fused-ring (bicyclic) bond motifs is 3. The second-order valence-electron chi connectivity index (χ2n) is 7.45. The second kappa shape index (κ2) is 6.41. The minimum Gasteiger partial charge on any atom is -0.457 e. The van der Waals surface area contributed by atoms with E-state index in [0.29, 0.717) is 0 Å². The second-order valence-corrected chi connectivity index (χ2v) is 7.45. The summed E-state index contributed by atoms with van der Waals surface area (Å²) in [6.07, 6.45) is 2.14. The van der Waals surface area contributed by atoms with Crippen molar-refractivity contribution in [1.29, 1.82) is 0 Å². The maximum absolute atomic E-state index is 6.13. The van der Waals surface area contributed by atoms with Crippen LogP contribution in [0.3, 0.4) is 0 Å². The Bertz CT molecular complexity index is 1310. The lowest BCUT2D eigenvalue weighted by atomic mass is 9.61. The van der Waals surface area contributed by atoms with Crippen LogP contribution in [-0.4, -0.2) is 6.85 Å². The highest BCUT2D eigenvalue weighted by Crippen LogP contribution is 2.26. The Kier molecular flexibility index (Phi) is 3.87. The summed E-state index contributed by atoms with van der Waals surface area (Å²) in [5.74, 6) is 3.39. The molecule has 28 heavy (non-hydrogen) atoms. The minimum absolute atomic E-state index is 0.199. The fourth-order valence-corrected chi connectivity index (χ4v) is 4.26. The molecule has 0 bridgehead atoms. The number of furan rings is 1. The van der Waals surface area contributed by atoms with Crippen LogP contribution in [0.25, 0.3) is 33.8 Å². The summed E-state index contributed by atoms with van der Waals surface area (Å²) >= 11 is 0. The molecule has 4 heteroatoms. The predicted octanol–water partition coefficient (Wildman–Crippen LogP) is 3.51. The minimum atomic E-state index is 0.199. The SMILES string of the molecule is CB1C=c2oc3ccccc3c2=C(C)N1c1cc(-c2ccccc2)cc[n+]1C. The van der Waals surface area contributed by atoms with Gasteiger partial charge in [-0.1, -0.05) is 48.5 Å². The number of anilines is 1. The highest BCUT2D eigenvalue weighted by molar-refractivity contribution is 6.77. The lowest BCUT2D eigenvalue weighted by molar-refractivity contribution is -0.657. The summed E-state index contributed by atoms with van der Waals surface area (Å²) in [6, 6.07) is 23.3. The summed E-state index contributed by atoms with van der Waals surface area (Å²) in [5, 5.41) is 2.36. The van der Waals surface area contributed by atoms with Gasteiger partial charge >= 0.3 is 6.85 Å². The molecule has 0 spiro atoms. The zero-order valence-electron chi connectivity index (χ0n) is 16.4. The molecule has 136 valence electrons. The number of rotatable bonds is 2. The van der Waals surface area contributed by atoms with Gasteiger partial charge in [0.05, 0.1) is 24.2 Å². The Morgan fingerprint density at radius 2 is 1.68 bits per heavy atom. The topological polar surface area (TPSA) is 20.3 Å². The van der Waals surface area contributed by atoms with Crippen molar-refractivity contribution in [1.82, 2.24) is 0 Å². The molecule has 0 aliphatic carbocycles. The Hall–Kier alpha value is -3.27. The average molecular weight is 365 g/mol. The number of aromatic nitrogens is 1. The summed E-state index contributed by atoms with van der Waals surface area (Å²) < 4.78 is 8.32. The first-order chi connectivity index (χ1) is 13.6. The van der Waals surface area contributed by atoms with E-state index in [1.807, 2.05) is 12.1 Å². The van der Waals surface area contributed by atoms with Crippen molar-refractivity contribution in [2.75, 3.05) is 4.81 Å². The smallest absolute Gasteiger partial charge is 0.405 e. The number of aryl methyl sites for hydroxylation is 1. The summed E-state index contributed by atoms with van der Waals surface area (Å²) in [4.78, 5) is 2.40. The van der Waals surface area contributed by atoms with E-state index in [4.69, 9.17) is 4.42 Å². The fraction of sp³-hybridized carbons (Fsp3) is 0.125. The van der Waals surface area contributed by atoms with Gasteiger partial charge in [-0.15, -0.1) is 0 Å². The van der Waals surface area contributed by atoms with Crippen molar-refractivity contribution in [3.8, 4) is 11.1 Å². The van der Waals surface area contributed by atoms with Crippen molar-refractivity contribution < 1.29 is 8.98 Å². The predicted molar refractivity (Wildman–Crippen MR) is 116 cm³/mol. The number of hydrogen-bond donors (Lipinski definition) is 0. The van der Waals surface area contributed by atoms with Crippen molar-refractivity contribution in [3.05, 3.63) is 83.6 Å². The van der Waals surface area contributed by atoms with Crippen LogP contribution in [0.4, 0.5) is 5.82 Å². The maximum Gasteiger partial charge on any atom is 0.405 e. The molecule has 0 fully saturated rings. The molecule has 0 unspecified atom stereocenters. The van der Waals surface area contributed by atoms with E-state index in [1.54, 1.807) is 0 Å². The van der Waals surface area contributed by atoms with Gasteiger partial charge in [0.15, 0.2) is 0 Å². The number of pyridine rings is 1. The molecule has 1 aliphatic rings. The van der Waals surface area contributed by atoms with Gasteiger partial charge < -0.3 is 4.42 Å². The lowest BCUT2D eigenvalue weighted by Crippen LogP contribution is -2.50. The van der Waals surface area contributed by atoms with Gasteiger partial charge in [-0.05, 0) is 43.0 Å². The molecule has 3 nitrogen and oxygen atoms in total. The lowest BCUT2D eigenvalue weighted by Gasteiger charge is -2.24. The molecule has 1 aliphatic heterocycles. The van der Waals surface area contributed by atoms with E-state index in [2.05, 4.69) is 96.9 Å². The molecule has 0 N–H and O–H groups in total. The third kappa shape index (κ3) is 2.56. The van der Waals surface area contributed by atoms with Crippen molar-refractivity contribution in [2.24, 2.45) is 7.05 Å². The molecule has 2 aromatic heterocycles. The molecule has 2 aromatic carbocycles. The highest BCUT2D eigenvalue weighted by atomic mass is 16.3. The standard InChI is InChI=1S/C24H22BN2O/c1-17-24-20-11-7-8-12-21(20)28-22(24)16-25(2)27(17)23-15-19(13-14-26(23)3)18-9-5-4-6-10-18/h4-16H,1-3H3/q+1. The first kappa shape index (κ1) is 16.9. The molecule has 0 saturated heterocycles. The molecular weight excluding hydrogens is 343 g/mol. The first-order valence-corrected chi connectivity index (χ1v) is 9.68. The van der Waals surface area contributed by atoms with Crippen molar-refractivity contribution >= 4 is 35.3 Å². The van der Waals surface area contributed by atoms with Gasteiger partial charge in [0.2, 0.25) is 0 Å². The molecule has 0 atom stereocenters. The molecule has 0 amide bonds. The van der Waals surface area contributed by atoms with E-state index in [-0.39, 0.29) is 6.85 Å². The van der Waals surface area contributed by atoms with E-state index < -0.39 is 0 Å². The van der Waals surface area contributed by atoms with Crippen LogP contribution in [0.2, 0.25) is 6.82 Å². The van der Waals surface area contributed by atoms with E-state index in [0.717, 1.165) is 11.0 Å². The zero-order valence-corrected chi connectivity index (χ0v) is 16.4. The van der Waals surface area contributed by atoms with Crippen LogP contribution in [0.15, 0.2) is 77.3 Å². The normalized spacial score (nSPS) is 13.6. The number of para-hydroxylation sites is 1. The summed E-state index contributed by atoms with van der Waals surface area (Å²) in [7, 11) is 2.10. The molecule has 0 saturated carbocycles. The maximum atomic E-state index is 6.13. The summed E-state index contributed by atoms with van der Waals surface area (Å²) in [6.45, 7) is 4.61. The van der Waals surface area contributed by atoms with Gasteiger partial charge in [-0.2, -0.15) is 0 Å². The third-order valence-corrected chi connectivity index (χ3v) is 5.62. The van der Waals surface area contributed by atoms with Crippen LogP contribution < -0.4 is 20.0 Å². The van der Waals surface area contributed by atoms with Gasteiger partial charge in [0.1, 0.15) is 11.0 Å². The number of benzene rings is 2. The average Bonchev–Trinajstić information content (AvgIpc) is 3.08. The van der Waals surface area contributed by atoms with Crippen LogP contribution in [0.1, 0.15) is 6.92 Å². The highest BCUT2D eigenvalue weighted by Gasteiger charge is 2.33. The van der Waals surface area contributed by atoms with Crippen LogP contribution in [-0.2, 0) is 7.05 Å². The van der Waals surface area contributed by atoms with Crippen molar-refractivity contribution in [3.63, 3.8) is 0 Å². The van der Waals surface area contributed by atoms with Gasteiger partial charge in [0, 0.05) is 11.5 Å². The van der Waals surface area contributed by atoms with Crippen LogP contribution >= 0.6 is 0 Å². The van der Waals surface area contributed by atoms with Crippen molar-refractivity contribution in [2.45, 2.75) is 13.7 Å². The third-order valence-electron chi connectivity index (χ3n) is 5.62. The molecule has 3 heterocycles. The number of nitrogens with zero attached hydrogens (tertiary/aromatic N) is 2. The van der Waals surface area contributed by atoms with Gasteiger partial charge in [0.25, 0.3) is 5.82 Å². The Morgan fingerprint density at radius 3 is 2.50 bits per heavy atom. The molecule has 0 radical (unpaired) electrons. The molecular formula is C24H22BN2O+. The molecule has 5 rings (SSSR count). The van der Waals surface area contributed by atoms with E-state index >= 15 is 0 Å². The quantitative estimate of drug-likeness (QED) is 0.400. The Balaban J connectivity index is 1.74. The summed E-state index contributed by atoms with van der Waals surface area (Å²) in [5.41, 5.74) is 5.58. The van der Waals surface area contributed by atoms with Gasteiger partial charge in [-0.25, -0.2) is 4.57 Å². The van der Waals surface area contributed by atoms with Crippen LogP contribution in [0.5, 0.6) is 0 Å². The Labute approximate surface area is 164 Å². The van der Waals surface area contributed by atoms with Crippen LogP contribution in [0, 0.1) is 0 Å². The number of hydrogen-bond acceptors (Lipinski definition) is 2.